The number of aryl methyl sites for hydroxylation is 1. The maximum atomic E-state index is 4.55. The van der Waals surface area contributed by atoms with Crippen LogP contribution in [0.15, 0.2) is 431 Å². The molecule has 3 radical (unpaired) electrons. The number of pyridine rings is 5. The summed E-state index contributed by atoms with van der Waals surface area (Å²) in [6, 6.07) is 159. The average Bonchev–Trinajstić information content (AvgIpc) is 1.45. The molecule has 3 aliphatic rings. The number of benzene rings is 19. The molecule has 0 saturated carbocycles. The van der Waals surface area contributed by atoms with E-state index in [0.29, 0.717) is 0 Å². The summed E-state index contributed by atoms with van der Waals surface area (Å²) in [5.41, 5.74) is 31.8. The van der Waals surface area contributed by atoms with E-state index in [1.54, 1.807) is 0 Å². The van der Waals surface area contributed by atoms with E-state index in [-0.39, 0.29) is 76.6 Å². The summed E-state index contributed by atoms with van der Waals surface area (Å²) in [6.07, 6.45) is 9.33. The van der Waals surface area contributed by atoms with Gasteiger partial charge in [0, 0.05) is 96.9 Å². The predicted octanol–water partition coefficient (Wildman–Crippen LogP) is 33.7. The van der Waals surface area contributed by atoms with Gasteiger partial charge in [-0.15, -0.1) is 160 Å². The van der Waals surface area contributed by atoms with Crippen LogP contribution in [0.25, 0.3) is 209 Å². The molecule has 8 heteroatoms. The molecule has 3 aliphatic carbocycles. The Morgan fingerprint density at radius 1 is 0.187 bits per heavy atom. The first kappa shape index (κ1) is 91.9. The summed E-state index contributed by atoms with van der Waals surface area (Å²) < 4.78 is 0. The van der Waals surface area contributed by atoms with Crippen molar-refractivity contribution in [1.29, 1.82) is 0 Å². The zero-order chi connectivity index (χ0) is 91.8. The van der Waals surface area contributed by atoms with Crippen LogP contribution in [-0.2, 0) is 76.6 Å². The van der Waals surface area contributed by atoms with Crippen LogP contribution in [0.2, 0.25) is 0 Å². The molecule has 5 aromatic heterocycles. The fourth-order valence-electron chi connectivity index (χ4n) is 21.3. The number of nitrogens with zero attached hydrogens (tertiary/aromatic N) is 5. The average molecular weight is 2310 g/mol. The monoisotopic (exact) mass is 2310 g/mol. The molecular weight excluding hydrogens is 2220 g/mol. The molecule has 27 rings (SSSR count). The zero-order valence-electron chi connectivity index (χ0n) is 77.7. The van der Waals surface area contributed by atoms with Crippen LogP contribution in [0.1, 0.15) is 80.5 Å². The summed E-state index contributed by atoms with van der Waals surface area (Å²) in [5.74, 6) is 0. The fourth-order valence-corrected chi connectivity index (χ4v) is 21.3. The third kappa shape index (κ3) is 16.7. The molecule has 0 bridgehead atoms. The minimum absolute atomic E-state index is 0. The molecule has 0 N–H and O–H groups in total. The molecule has 5 heterocycles. The van der Waals surface area contributed by atoms with Gasteiger partial charge in [0.1, 0.15) is 0 Å². The maximum absolute atomic E-state index is 4.55. The number of hydrogen-bond donors (Lipinski definition) is 0. The topological polar surface area (TPSA) is 64.5 Å². The van der Waals surface area contributed by atoms with E-state index in [9.17, 15) is 0 Å². The minimum atomic E-state index is -0.0930. The first-order valence-corrected chi connectivity index (χ1v) is 46.7. The van der Waals surface area contributed by atoms with Crippen molar-refractivity contribution in [3.63, 3.8) is 0 Å². The summed E-state index contributed by atoms with van der Waals surface area (Å²) in [6.45, 7) is 16.2. The van der Waals surface area contributed by atoms with E-state index in [1.807, 2.05) is 158 Å². The van der Waals surface area contributed by atoms with E-state index in [2.05, 4.69) is 377 Å². The van der Waals surface area contributed by atoms with Crippen molar-refractivity contribution in [2.75, 3.05) is 0 Å². The van der Waals surface area contributed by atoms with Crippen molar-refractivity contribution >= 4 is 97.0 Å². The second-order valence-corrected chi connectivity index (χ2v) is 37.2. The SMILES string of the molecule is CC1(C)c2cc(-c3ccccn3)[c-]cc2-c2cc3c4ccccc4c4ccccc4c3cc21.CC1(C)c2cc(-c3ccccn3)[c-]cc2-c2cc3c4ccccc4c4ccccc4c3cc21.CC1(C)c2cc(-c3ccccn3)[c-]cc2-c2cc3c4ccccc4c4ccccc4c3cc21.Cc1cc(-c2[c-]cccc2)ncc1-c1ccccc1.[Ir].[Ir].[Ir].[c-]1ccccc1-c1cc(-c2ccccc2)ccn1. The number of fused-ring (bicyclic) bond motifs is 27. The maximum Gasteiger partial charge on any atom is 0.0242 e. The van der Waals surface area contributed by atoms with Crippen molar-refractivity contribution in [2.24, 2.45) is 0 Å². The Balaban J connectivity index is 0.000000109. The van der Waals surface area contributed by atoms with Gasteiger partial charge in [0.2, 0.25) is 0 Å². The van der Waals surface area contributed by atoms with Gasteiger partial charge in [-0.2, -0.15) is 0 Å². The standard InChI is InChI=1S/3C32H22N.C18H14N.C17H12N.3Ir/c3*1-32(2)29-17-20(31-13-7-8-16-33-31)14-15-25(29)28-18-26-23-11-5-3-9-21(23)22-10-4-6-12-24(22)27(26)19-30(28)32;1-14-12-18(16-10-6-3-7-11-16)19-13-17(14)15-8-4-2-5-9-15;1-3-7-14(8-4-1)16-11-12-18-17(13-16)15-9-5-2-6-10-15;;;/h3*3-13,15-19H,1-2H3;2-10,12-13H,1H3;1-9,11-13H;;;/q5*-1;;;. The number of rotatable bonds is 7. The Hall–Kier alpha value is -14.8. The van der Waals surface area contributed by atoms with Gasteiger partial charge in [-0.05, 0) is 230 Å². The van der Waals surface area contributed by atoms with E-state index in [1.165, 1.54) is 192 Å². The van der Waals surface area contributed by atoms with Crippen LogP contribution in [-0.4, -0.2) is 24.9 Å². The molecule has 0 amide bonds. The number of aromatic nitrogens is 5. The summed E-state index contributed by atoms with van der Waals surface area (Å²) in [4.78, 5) is 22.6. The van der Waals surface area contributed by atoms with Gasteiger partial charge >= 0.3 is 0 Å². The Morgan fingerprint density at radius 3 is 0.763 bits per heavy atom. The molecule has 0 aliphatic heterocycles. The molecule has 19 aromatic carbocycles. The van der Waals surface area contributed by atoms with Crippen molar-refractivity contribution < 1.29 is 60.3 Å². The van der Waals surface area contributed by atoms with Crippen molar-refractivity contribution in [2.45, 2.75) is 64.7 Å². The van der Waals surface area contributed by atoms with Crippen molar-refractivity contribution in [1.82, 2.24) is 24.9 Å². The normalized spacial score (nSPS) is 12.7. The van der Waals surface area contributed by atoms with Gasteiger partial charge in [0.15, 0.2) is 0 Å². The molecule has 673 valence electrons. The third-order valence-corrected chi connectivity index (χ3v) is 28.3. The van der Waals surface area contributed by atoms with Crippen LogP contribution >= 0.6 is 0 Å². The fraction of sp³-hybridized carbons (Fsp3) is 0.0763. The Morgan fingerprint density at radius 2 is 0.460 bits per heavy atom. The van der Waals surface area contributed by atoms with E-state index in [4.69, 9.17) is 0 Å². The Bertz CT molecular complexity index is 8120. The molecule has 0 fully saturated rings. The molecule has 139 heavy (non-hydrogen) atoms. The van der Waals surface area contributed by atoms with Crippen LogP contribution in [0.5, 0.6) is 0 Å². The molecule has 24 aromatic rings. The molecule has 5 nitrogen and oxygen atoms in total. The van der Waals surface area contributed by atoms with E-state index in [0.717, 1.165) is 56.3 Å². The minimum Gasteiger partial charge on any atom is -0.305 e. The van der Waals surface area contributed by atoms with Gasteiger partial charge in [0.05, 0.1) is 0 Å². The predicted molar refractivity (Wildman–Crippen MR) is 568 cm³/mol. The molecule has 0 spiro atoms. The Kier molecular flexibility index (Phi) is 25.3. The molecular formula is C131H92Ir3N5-5. The largest absolute Gasteiger partial charge is 0.305 e. The van der Waals surface area contributed by atoms with Gasteiger partial charge in [0.25, 0.3) is 0 Å². The summed E-state index contributed by atoms with van der Waals surface area (Å²) in [7, 11) is 0. The van der Waals surface area contributed by atoms with Crippen LogP contribution in [0.3, 0.4) is 0 Å². The first-order valence-electron chi connectivity index (χ1n) is 46.7. The first-order chi connectivity index (χ1) is 66.7. The quantitative estimate of drug-likeness (QED) is 0.118. The van der Waals surface area contributed by atoms with Crippen molar-refractivity contribution in [3.05, 3.63) is 501 Å². The van der Waals surface area contributed by atoms with Gasteiger partial charge in [-0.25, -0.2) is 0 Å². The second-order valence-electron chi connectivity index (χ2n) is 37.2. The second kappa shape index (κ2) is 38.3. The van der Waals surface area contributed by atoms with E-state index < -0.39 is 0 Å². The summed E-state index contributed by atoms with van der Waals surface area (Å²) in [5, 5.41) is 23.8. The molecule has 0 unspecified atom stereocenters. The Labute approximate surface area is 852 Å². The third-order valence-electron chi connectivity index (χ3n) is 28.3. The van der Waals surface area contributed by atoms with Crippen LogP contribution in [0.4, 0.5) is 0 Å². The van der Waals surface area contributed by atoms with Crippen LogP contribution < -0.4 is 0 Å². The van der Waals surface area contributed by atoms with Gasteiger partial charge < -0.3 is 24.9 Å². The van der Waals surface area contributed by atoms with Gasteiger partial charge in [-0.1, -0.05) is 348 Å². The molecule has 0 saturated heterocycles. The van der Waals surface area contributed by atoms with Crippen LogP contribution in [0, 0.1) is 37.3 Å². The van der Waals surface area contributed by atoms with Gasteiger partial charge in [-0.3, -0.25) is 0 Å². The zero-order valence-corrected chi connectivity index (χ0v) is 84.9. The smallest absolute Gasteiger partial charge is 0.0242 e. The van der Waals surface area contributed by atoms with Crippen molar-refractivity contribution in [3.8, 4) is 112 Å². The molecule has 0 atom stereocenters. The van der Waals surface area contributed by atoms with E-state index >= 15 is 0 Å². The summed E-state index contributed by atoms with van der Waals surface area (Å²) >= 11 is 0. The number of hydrogen-bond acceptors (Lipinski definition) is 5.